The first-order valence-corrected chi connectivity index (χ1v) is 5.53. The summed E-state index contributed by atoms with van der Waals surface area (Å²) in [6.45, 7) is 1.98. The first kappa shape index (κ1) is 12.5. The molecule has 0 heterocycles. The van der Waals surface area contributed by atoms with E-state index in [1.165, 1.54) is 7.11 Å². The molecule has 0 N–H and O–H groups in total. The van der Waals surface area contributed by atoms with E-state index >= 15 is 0 Å². The van der Waals surface area contributed by atoms with Crippen LogP contribution < -0.4 is 0 Å². The molecule has 1 aromatic rings. The Labute approximate surface area is 96.9 Å². The Morgan fingerprint density at radius 1 is 1.38 bits per heavy atom. The van der Waals surface area contributed by atoms with Crippen molar-refractivity contribution in [3.63, 3.8) is 0 Å². The molecule has 0 spiro atoms. The lowest BCUT2D eigenvalue weighted by molar-refractivity contribution is -0.142. The summed E-state index contributed by atoms with van der Waals surface area (Å²) in [5, 5.41) is 0. The molecule has 2 nitrogen and oxygen atoms in total. The molecule has 0 bridgehead atoms. The number of benzene rings is 1. The molecule has 1 unspecified atom stereocenters. The van der Waals surface area contributed by atoms with Crippen LogP contribution in [0, 0.1) is 0 Å². The molecule has 0 aliphatic carbocycles. The molecule has 0 fully saturated rings. The predicted octanol–water partition coefficient (Wildman–Crippen LogP) is 3.30. The van der Waals surface area contributed by atoms with Gasteiger partial charge in [-0.25, -0.2) is 0 Å². The second kappa shape index (κ2) is 6.83. The van der Waals surface area contributed by atoms with Crippen molar-refractivity contribution < 1.29 is 9.53 Å². The fraction of sp³-hybridized carbons (Fsp3) is 0.357. The van der Waals surface area contributed by atoms with Gasteiger partial charge in [0, 0.05) is 0 Å². The van der Waals surface area contributed by atoms with Crippen molar-refractivity contribution in [2.45, 2.75) is 25.7 Å². The van der Waals surface area contributed by atoms with Gasteiger partial charge in [0.25, 0.3) is 0 Å². The predicted molar refractivity (Wildman–Crippen MR) is 65.2 cm³/mol. The fourth-order valence-electron chi connectivity index (χ4n) is 1.68. The monoisotopic (exact) mass is 218 g/mol. The molecule has 0 saturated heterocycles. The van der Waals surface area contributed by atoms with E-state index in [9.17, 15) is 4.79 Å². The maximum atomic E-state index is 11.7. The van der Waals surface area contributed by atoms with Gasteiger partial charge in [-0.2, -0.15) is 0 Å². The highest BCUT2D eigenvalue weighted by Crippen LogP contribution is 2.22. The Hall–Kier alpha value is -1.57. The zero-order chi connectivity index (χ0) is 11.8. The lowest BCUT2D eigenvalue weighted by atomic mass is 9.94. The van der Waals surface area contributed by atoms with Gasteiger partial charge in [0.1, 0.15) is 0 Å². The summed E-state index contributed by atoms with van der Waals surface area (Å²) in [6.07, 6.45) is 5.75. The summed E-state index contributed by atoms with van der Waals surface area (Å²) in [5.74, 6) is -0.307. The maximum absolute atomic E-state index is 11.7. The summed E-state index contributed by atoms with van der Waals surface area (Å²) >= 11 is 0. The van der Waals surface area contributed by atoms with Crippen molar-refractivity contribution in [3.8, 4) is 0 Å². The molecule has 0 radical (unpaired) electrons. The summed E-state index contributed by atoms with van der Waals surface area (Å²) in [4.78, 5) is 11.7. The zero-order valence-electron chi connectivity index (χ0n) is 9.85. The van der Waals surface area contributed by atoms with E-state index in [-0.39, 0.29) is 11.9 Å². The van der Waals surface area contributed by atoms with E-state index in [1.807, 2.05) is 43.3 Å². The second-order valence-corrected chi connectivity index (χ2v) is 3.63. The second-order valence-electron chi connectivity index (χ2n) is 3.63. The average Bonchev–Trinajstić information content (AvgIpc) is 2.35. The number of rotatable bonds is 5. The lowest BCUT2D eigenvalue weighted by Gasteiger charge is -2.13. The van der Waals surface area contributed by atoms with Crippen LogP contribution in [0.3, 0.4) is 0 Å². The number of esters is 1. The highest BCUT2D eigenvalue weighted by molar-refractivity contribution is 5.77. The van der Waals surface area contributed by atoms with Gasteiger partial charge in [0.15, 0.2) is 0 Å². The number of hydrogen-bond acceptors (Lipinski definition) is 2. The van der Waals surface area contributed by atoms with E-state index in [4.69, 9.17) is 4.74 Å². The van der Waals surface area contributed by atoms with Gasteiger partial charge < -0.3 is 4.74 Å². The molecule has 2 heteroatoms. The van der Waals surface area contributed by atoms with Gasteiger partial charge >= 0.3 is 5.97 Å². The number of carbonyl (C=O) groups is 1. The third-order valence-electron chi connectivity index (χ3n) is 2.55. The van der Waals surface area contributed by atoms with Crippen LogP contribution in [0.15, 0.2) is 42.5 Å². The average molecular weight is 218 g/mol. The molecule has 0 saturated carbocycles. The van der Waals surface area contributed by atoms with Crippen LogP contribution in [-0.2, 0) is 9.53 Å². The molecule has 1 aromatic carbocycles. The Bertz CT molecular complexity index is 341. The smallest absolute Gasteiger partial charge is 0.313 e. The number of hydrogen-bond donors (Lipinski definition) is 0. The Kier molecular flexibility index (Phi) is 5.34. The third kappa shape index (κ3) is 3.54. The normalized spacial score (nSPS) is 12.6. The van der Waals surface area contributed by atoms with Crippen molar-refractivity contribution >= 4 is 5.97 Å². The SMILES string of the molecule is C/C=C/CCC(C(=O)OC)c1ccccc1. The molecule has 0 aromatic heterocycles. The minimum absolute atomic E-state index is 0.151. The molecule has 0 aliphatic rings. The number of carbonyl (C=O) groups excluding carboxylic acids is 1. The van der Waals surface area contributed by atoms with E-state index in [0.29, 0.717) is 0 Å². The highest BCUT2D eigenvalue weighted by atomic mass is 16.5. The van der Waals surface area contributed by atoms with Crippen molar-refractivity contribution in [1.29, 1.82) is 0 Å². The number of methoxy groups -OCH3 is 1. The van der Waals surface area contributed by atoms with Gasteiger partial charge in [-0.05, 0) is 25.3 Å². The van der Waals surface area contributed by atoms with Crippen LogP contribution in [0.5, 0.6) is 0 Å². The standard InChI is InChI=1S/C14H18O2/c1-3-4-6-11-13(14(15)16-2)12-9-7-5-8-10-12/h3-5,7-10,13H,6,11H2,1-2H3/b4-3+. The zero-order valence-corrected chi connectivity index (χ0v) is 9.85. The van der Waals surface area contributed by atoms with E-state index in [2.05, 4.69) is 6.08 Å². The quantitative estimate of drug-likeness (QED) is 0.560. The summed E-state index contributed by atoms with van der Waals surface area (Å²) in [5.41, 5.74) is 1.03. The van der Waals surface area contributed by atoms with Gasteiger partial charge in [0.05, 0.1) is 13.0 Å². The van der Waals surface area contributed by atoms with E-state index < -0.39 is 0 Å². The topological polar surface area (TPSA) is 26.3 Å². The van der Waals surface area contributed by atoms with E-state index in [0.717, 1.165) is 18.4 Å². The third-order valence-corrected chi connectivity index (χ3v) is 2.55. The summed E-state index contributed by atoms with van der Waals surface area (Å²) in [7, 11) is 1.44. The number of allylic oxidation sites excluding steroid dienone is 2. The largest absolute Gasteiger partial charge is 0.469 e. The molecule has 0 aliphatic heterocycles. The molecule has 86 valence electrons. The summed E-state index contributed by atoms with van der Waals surface area (Å²) < 4.78 is 4.83. The van der Waals surface area contributed by atoms with Crippen LogP contribution in [0.1, 0.15) is 31.2 Å². The molecular formula is C14H18O2. The van der Waals surface area contributed by atoms with Crippen molar-refractivity contribution in [1.82, 2.24) is 0 Å². The van der Waals surface area contributed by atoms with Gasteiger partial charge in [-0.15, -0.1) is 0 Å². The summed E-state index contributed by atoms with van der Waals surface area (Å²) in [6, 6.07) is 9.78. The molecule has 1 atom stereocenters. The lowest BCUT2D eigenvalue weighted by Crippen LogP contribution is -2.14. The van der Waals surface area contributed by atoms with Gasteiger partial charge in [0.2, 0.25) is 0 Å². The molecule has 0 amide bonds. The van der Waals surface area contributed by atoms with E-state index in [1.54, 1.807) is 0 Å². The van der Waals surface area contributed by atoms with Crippen LogP contribution in [0.25, 0.3) is 0 Å². The molecule has 1 rings (SSSR count). The van der Waals surface area contributed by atoms with Crippen molar-refractivity contribution in [3.05, 3.63) is 48.0 Å². The Morgan fingerprint density at radius 2 is 2.06 bits per heavy atom. The first-order valence-electron chi connectivity index (χ1n) is 5.53. The minimum atomic E-state index is -0.157. The minimum Gasteiger partial charge on any atom is -0.469 e. The van der Waals surface area contributed by atoms with Crippen LogP contribution in [0.4, 0.5) is 0 Å². The molecular weight excluding hydrogens is 200 g/mol. The first-order chi connectivity index (χ1) is 7.79. The van der Waals surface area contributed by atoms with Gasteiger partial charge in [-0.1, -0.05) is 42.5 Å². The van der Waals surface area contributed by atoms with Gasteiger partial charge in [-0.3, -0.25) is 4.79 Å². The number of ether oxygens (including phenoxy) is 1. The van der Waals surface area contributed by atoms with Crippen LogP contribution >= 0.6 is 0 Å². The maximum Gasteiger partial charge on any atom is 0.313 e. The fourth-order valence-corrected chi connectivity index (χ4v) is 1.68. The van der Waals surface area contributed by atoms with Crippen LogP contribution in [-0.4, -0.2) is 13.1 Å². The Morgan fingerprint density at radius 3 is 2.62 bits per heavy atom. The van der Waals surface area contributed by atoms with Crippen molar-refractivity contribution in [2.75, 3.05) is 7.11 Å². The molecule has 16 heavy (non-hydrogen) atoms. The highest BCUT2D eigenvalue weighted by Gasteiger charge is 2.19. The Balaban J connectivity index is 2.75. The van der Waals surface area contributed by atoms with Crippen LogP contribution in [0.2, 0.25) is 0 Å². The van der Waals surface area contributed by atoms with Crippen molar-refractivity contribution in [2.24, 2.45) is 0 Å².